The smallest absolute Gasteiger partial charge is 0.306 e. The lowest BCUT2D eigenvalue weighted by Gasteiger charge is -2.36. The van der Waals surface area contributed by atoms with Crippen LogP contribution in [0.1, 0.15) is 69.9 Å². The molecule has 3 aliphatic rings. The number of esters is 1. The maximum absolute atomic E-state index is 14.2. The third-order valence-corrected chi connectivity index (χ3v) is 9.07. The van der Waals surface area contributed by atoms with Crippen LogP contribution in [0.25, 0.3) is 0 Å². The van der Waals surface area contributed by atoms with Crippen LogP contribution in [0, 0.1) is 11.8 Å². The van der Waals surface area contributed by atoms with E-state index in [-0.39, 0.29) is 43.9 Å². The Hall–Kier alpha value is -3.50. The highest BCUT2D eigenvalue weighted by molar-refractivity contribution is 5.99. The number of fused-ring (bicyclic) bond motifs is 1. The number of likely N-dealkylation sites (tertiary alicyclic amines) is 1. The first-order valence-electron chi connectivity index (χ1n) is 15.9. The van der Waals surface area contributed by atoms with Crippen molar-refractivity contribution in [2.45, 2.75) is 82.1 Å². The van der Waals surface area contributed by atoms with Gasteiger partial charge in [0.2, 0.25) is 17.7 Å². The molecule has 0 saturated carbocycles. The van der Waals surface area contributed by atoms with Gasteiger partial charge in [-0.05, 0) is 37.7 Å². The van der Waals surface area contributed by atoms with Crippen molar-refractivity contribution in [1.82, 2.24) is 15.1 Å². The van der Waals surface area contributed by atoms with Crippen molar-refractivity contribution in [2.24, 2.45) is 11.8 Å². The van der Waals surface area contributed by atoms with Gasteiger partial charge < -0.3 is 29.7 Å². The maximum atomic E-state index is 14.2. The van der Waals surface area contributed by atoms with Gasteiger partial charge in [-0.3, -0.25) is 19.2 Å². The summed E-state index contributed by atoms with van der Waals surface area (Å²) in [5.41, 5.74) is -0.362. The van der Waals surface area contributed by atoms with Crippen LogP contribution in [-0.2, 0) is 28.7 Å². The Balaban J connectivity index is 1.60. The molecule has 4 rings (SSSR count). The van der Waals surface area contributed by atoms with Crippen LogP contribution >= 0.6 is 0 Å². The van der Waals surface area contributed by atoms with Crippen LogP contribution < -0.4 is 5.32 Å². The zero-order valence-corrected chi connectivity index (χ0v) is 25.8. The highest BCUT2D eigenvalue weighted by Gasteiger charge is 2.74. The molecule has 3 saturated heterocycles. The zero-order valence-electron chi connectivity index (χ0n) is 25.8. The molecule has 2 bridgehead atoms. The minimum absolute atomic E-state index is 0.0638. The number of allylic oxidation sites excluding steroid dienone is 1. The third-order valence-electron chi connectivity index (χ3n) is 9.07. The quantitative estimate of drug-likeness (QED) is 0.149. The highest BCUT2D eigenvalue weighted by Crippen LogP contribution is 2.58. The molecule has 240 valence electrons. The van der Waals surface area contributed by atoms with E-state index >= 15 is 0 Å². The topological polar surface area (TPSA) is 125 Å². The largest absolute Gasteiger partial charge is 0.463 e. The Bertz CT molecular complexity index is 1190. The molecule has 3 amide bonds. The number of carbonyl (C=O) groups excluding carboxylic acids is 4. The number of rotatable bonds is 18. The van der Waals surface area contributed by atoms with E-state index < -0.39 is 41.6 Å². The van der Waals surface area contributed by atoms with Crippen molar-refractivity contribution in [3.8, 4) is 0 Å². The number of aliphatic hydroxyl groups is 1. The Morgan fingerprint density at radius 2 is 1.98 bits per heavy atom. The number of amides is 3. The monoisotopic (exact) mass is 609 g/mol. The summed E-state index contributed by atoms with van der Waals surface area (Å²) in [6, 6.07) is 7.72. The van der Waals surface area contributed by atoms with Gasteiger partial charge in [0.05, 0.1) is 24.0 Å². The molecule has 44 heavy (non-hydrogen) atoms. The first-order chi connectivity index (χ1) is 21.3. The lowest BCUT2D eigenvalue weighted by Crippen LogP contribution is -2.56. The van der Waals surface area contributed by atoms with Gasteiger partial charge in [-0.1, -0.05) is 62.2 Å². The molecule has 0 aromatic heterocycles. The second-order valence-electron chi connectivity index (χ2n) is 11.9. The number of unbranched alkanes of at least 4 members (excludes halogenated alkanes) is 2. The number of benzene rings is 1. The second-order valence-corrected chi connectivity index (χ2v) is 11.9. The van der Waals surface area contributed by atoms with Crippen molar-refractivity contribution < 1.29 is 33.8 Å². The van der Waals surface area contributed by atoms with Gasteiger partial charge in [-0.2, -0.15) is 0 Å². The standard InChI is InChI=1S/C34H47N3O7/c1-4-7-12-20-36(19-6-3)33(42)30-34-18-17-26(44-34)28(29(34)32(41)37(30)21-13-22-38)31(40)35-25(24-14-10-9-11-15-24)23-43-27(39)16-8-5-2/h5-6,9-11,14-15,25-26,28-30,38H,2-4,7-8,12-13,16-23H2,1H3,(H,35,40)/t25-,26+,28-,29-,30+,34-/m1/s1. The van der Waals surface area contributed by atoms with E-state index in [0.717, 1.165) is 24.8 Å². The van der Waals surface area contributed by atoms with Gasteiger partial charge >= 0.3 is 5.97 Å². The van der Waals surface area contributed by atoms with Gasteiger partial charge in [0.25, 0.3) is 0 Å². The van der Waals surface area contributed by atoms with Crippen LogP contribution in [0.3, 0.4) is 0 Å². The molecule has 10 heteroatoms. The average molecular weight is 610 g/mol. The Kier molecular flexibility index (Phi) is 11.7. The normalized spacial score (nSPS) is 25.8. The van der Waals surface area contributed by atoms with Gasteiger partial charge in [-0.25, -0.2) is 0 Å². The van der Waals surface area contributed by atoms with Crippen LogP contribution in [0.4, 0.5) is 0 Å². The van der Waals surface area contributed by atoms with Crippen LogP contribution in [0.2, 0.25) is 0 Å². The van der Waals surface area contributed by atoms with Crippen molar-refractivity contribution >= 4 is 23.7 Å². The average Bonchev–Trinajstić information content (AvgIpc) is 3.67. The Labute approximate surface area is 260 Å². The minimum Gasteiger partial charge on any atom is -0.463 e. The van der Waals surface area contributed by atoms with Crippen molar-refractivity contribution in [3.05, 3.63) is 61.2 Å². The molecule has 10 nitrogen and oxygen atoms in total. The predicted octanol–water partition coefficient (Wildman–Crippen LogP) is 3.32. The van der Waals surface area contributed by atoms with E-state index in [0.29, 0.717) is 38.8 Å². The lowest BCUT2D eigenvalue weighted by molar-refractivity contribution is -0.148. The highest BCUT2D eigenvalue weighted by atomic mass is 16.5. The van der Waals surface area contributed by atoms with Crippen molar-refractivity contribution in [3.63, 3.8) is 0 Å². The van der Waals surface area contributed by atoms with Crippen molar-refractivity contribution in [2.75, 3.05) is 32.8 Å². The molecule has 3 aliphatic heterocycles. The molecule has 2 N–H and O–H groups in total. The van der Waals surface area contributed by atoms with Crippen molar-refractivity contribution in [1.29, 1.82) is 0 Å². The minimum atomic E-state index is -1.13. The van der Waals surface area contributed by atoms with Crippen LogP contribution in [0.15, 0.2) is 55.6 Å². The predicted molar refractivity (Wildman–Crippen MR) is 165 cm³/mol. The molecule has 0 aliphatic carbocycles. The molecule has 1 spiro atoms. The molecule has 1 aromatic carbocycles. The summed E-state index contributed by atoms with van der Waals surface area (Å²) in [5, 5.41) is 12.7. The lowest BCUT2D eigenvalue weighted by atomic mass is 9.70. The number of hydrogen-bond acceptors (Lipinski definition) is 7. The van der Waals surface area contributed by atoms with Crippen LogP contribution in [-0.4, -0.2) is 89.2 Å². The summed E-state index contributed by atoms with van der Waals surface area (Å²) in [6.45, 7) is 10.4. The SMILES string of the molecule is C=CCCC(=O)OC[C@@H](NC(=O)[C@@H]1[C@@H]2CC[C@]3(O2)[C@H](C(=O)N(CC=C)CCCCC)N(CCCO)C(=O)[C@@H]13)c1ccccc1. The fraction of sp³-hybridized carbons (Fsp3) is 0.588. The third kappa shape index (κ3) is 6.91. The summed E-state index contributed by atoms with van der Waals surface area (Å²) in [6.07, 6.45) is 7.65. The zero-order chi connectivity index (χ0) is 31.7. The Morgan fingerprint density at radius 1 is 1.20 bits per heavy atom. The molecule has 1 aromatic rings. The van der Waals surface area contributed by atoms with E-state index in [1.807, 2.05) is 30.3 Å². The molecular formula is C34H47N3O7. The number of nitrogens with zero attached hydrogens (tertiary/aromatic N) is 2. The molecule has 0 unspecified atom stereocenters. The molecule has 0 radical (unpaired) electrons. The first kappa shape index (κ1) is 33.4. The second kappa shape index (κ2) is 15.5. The number of ether oxygens (including phenoxy) is 2. The summed E-state index contributed by atoms with van der Waals surface area (Å²) in [7, 11) is 0. The fourth-order valence-corrected chi connectivity index (χ4v) is 7.03. The van der Waals surface area contributed by atoms with Gasteiger partial charge in [-0.15, -0.1) is 13.2 Å². The summed E-state index contributed by atoms with van der Waals surface area (Å²) >= 11 is 0. The Morgan fingerprint density at radius 3 is 2.66 bits per heavy atom. The summed E-state index contributed by atoms with van der Waals surface area (Å²) in [5.74, 6) is -2.89. The maximum Gasteiger partial charge on any atom is 0.306 e. The van der Waals surface area contributed by atoms with E-state index in [2.05, 4.69) is 25.4 Å². The molecular weight excluding hydrogens is 562 g/mol. The van der Waals surface area contributed by atoms with E-state index in [1.54, 1.807) is 17.1 Å². The van der Waals surface area contributed by atoms with E-state index in [9.17, 15) is 24.3 Å². The van der Waals surface area contributed by atoms with Gasteiger partial charge in [0.1, 0.15) is 18.2 Å². The number of nitrogens with one attached hydrogen (secondary N) is 1. The fourth-order valence-electron chi connectivity index (χ4n) is 7.03. The van der Waals surface area contributed by atoms with E-state index in [1.165, 1.54) is 4.90 Å². The van der Waals surface area contributed by atoms with Crippen LogP contribution in [0.5, 0.6) is 0 Å². The summed E-state index contributed by atoms with van der Waals surface area (Å²) in [4.78, 5) is 58.0. The first-order valence-corrected chi connectivity index (χ1v) is 15.9. The summed E-state index contributed by atoms with van der Waals surface area (Å²) < 4.78 is 12.1. The molecule has 3 fully saturated rings. The number of carbonyl (C=O) groups is 4. The van der Waals surface area contributed by atoms with Gasteiger partial charge in [0, 0.05) is 32.7 Å². The van der Waals surface area contributed by atoms with Gasteiger partial charge in [0.15, 0.2) is 0 Å². The van der Waals surface area contributed by atoms with E-state index in [4.69, 9.17) is 9.47 Å². The molecule has 3 heterocycles. The number of aliphatic hydroxyl groups excluding tert-OH is 1. The number of hydrogen-bond donors (Lipinski definition) is 2. The molecule has 6 atom stereocenters.